The summed E-state index contributed by atoms with van der Waals surface area (Å²) in [6.45, 7) is 6.61. The Labute approximate surface area is 201 Å². The third kappa shape index (κ3) is 4.69. The smallest absolute Gasteiger partial charge is 0.323 e. The van der Waals surface area contributed by atoms with Crippen LogP contribution in [0.5, 0.6) is 0 Å². The van der Waals surface area contributed by atoms with Crippen molar-refractivity contribution < 1.29 is 9.59 Å². The summed E-state index contributed by atoms with van der Waals surface area (Å²) in [4.78, 5) is 31.9. The predicted molar refractivity (Wildman–Crippen MR) is 134 cm³/mol. The molecule has 5 rings (SSSR count). The predicted octanol–water partition coefficient (Wildman–Crippen LogP) is 3.86. The molecule has 1 atom stereocenters. The first-order valence-electron chi connectivity index (χ1n) is 12.1. The van der Waals surface area contributed by atoms with Crippen molar-refractivity contribution in [3.63, 3.8) is 0 Å². The second kappa shape index (κ2) is 9.57. The molecule has 2 aliphatic heterocycles. The lowest BCUT2D eigenvalue weighted by Crippen LogP contribution is -2.51. The Balaban J connectivity index is 1.15. The Bertz CT molecular complexity index is 1170. The fourth-order valence-electron chi connectivity index (χ4n) is 5.04. The van der Waals surface area contributed by atoms with Crippen molar-refractivity contribution in [2.75, 3.05) is 32.8 Å². The van der Waals surface area contributed by atoms with Gasteiger partial charge in [0.2, 0.25) is 0 Å². The number of hydrogen-bond donors (Lipinski definition) is 1. The average Bonchev–Trinajstić information content (AvgIpc) is 3.08. The van der Waals surface area contributed by atoms with Gasteiger partial charge < -0.3 is 5.32 Å². The number of urea groups is 1. The lowest BCUT2D eigenvalue weighted by molar-refractivity contribution is -0.132. The van der Waals surface area contributed by atoms with Crippen LogP contribution < -0.4 is 5.32 Å². The summed E-state index contributed by atoms with van der Waals surface area (Å²) < 4.78 is 0. The molecule has 2 heterocycles. The lowest BCUT2D eigenvalue weighted by atomic mass is 9.93. The van der Waals surface area contributed by atoms with Crippen LogP contribution in [0.1, 0.15) is 24.5 Å². The van der Waals surface area contributed by atoms with E-state index in [4.69, 9.17) is 0 Å². The van der Waals surface area contributed by atoms with E-state index >= 15 is 0 Å². The summed E-state index contributed by atoms with van der Waals surface area (Å²) in [5, 5.41) is 5.53. The zero-order valence-electron chi connectivity index (χ0n) is 19.7. The minimum atomic E-state index is -0.844. The van der Waals surface area contributed by atoms with E-state index in [1.807, 2.05) is 25.1 Å². The topological polar surface area (TPSA) is 55.9 Å². The Morgan fingerprint density at radius 2 is 1.50 bits per heavy atom. The normalized spacial score (nSPS) is 21.9. The molecule has 2 saturated heterocycles. The summed E-state index contributed by atoms with van der Waals surface area (Å²) in [7, 11) is 0. The van der Waals surface area contributed by atoms with E-state index in [0.717, 1.165) is 39.1 Å². The fourth-order valence-corrected chi connectivity index (χ4v) is 5.04. The molecule has 6 nitrogen and oxygen atoms in total. The van der Waals surface area contributed by atoms with Crippen molar-refractivity contribution >= 4 is 22.7 Å². The highest BCUT2D eigenvalue weighted by atomic mass is 16.2. The maximum atomic E-state index is 13.2. The Kier molecular flexibility index (Phi) is 6.35. The maximum absolute atomic E-state index is 13.2. The molecule has 1 N–H and O–H groups in total. The van der Waals surface area contributed by atoms with Crippen LogP contribution in [-0.2, 0) is 17.8 Å². The van der Waals surface area contributed by atoms with Crippen molar-refractivity contribution in [2.24, 2.45) is 0 Å². The molecular formula is C28H32N4O2. The number of fused-ring (bicyclic) bond motifs is 1. The summed E-state index contributed by atoms with van der Waals surface area (Å²) in [6.07, 6.45) is 1.35. The number of nitrogens with one attached hydrogen (secondary N) is 1. The van der Waals surface area contributed by atoms with Gasteiger partial charge in [0.25, 0.3) is 5.91 Å². The Morgan fingerprint density at radius 1 is 0.824 bits per heavy atom. The van der Waals surface area contributed by atoms with Gasteiger partial charge >= 0.3 is 6.03 Å². The molecule has 3 amide bonds. The fraction of sp³-hybridized carbons (Fsp3) is 0.357. The molecular weight excluding hydrogens is 424 g/mol. The molecule has 3 aromatic rings. The molecule has 0 bridgehead atoms. The zero-order chi connectivity index (χ0) is 23.5. The minimum absolute atomic E-state index is 0.119. The van der Waals surface area contributed by atoms with Crippen molar-refractivity contribution in [2.45, 2.75) is 31.8 Å². The molecule has 176 valence electrons. The molecule has 0 aromatic heterocycles. The largest absolute Gasteiger partial charge is 0.326 e. The van der Waals surface area contributed by atoms with E-state index in [1.54, 1.807) is 0 Å². The molecule has 0 saturated carbocycles. The molecule has 6 heteroatoms. The number of hydrogen-bond acceptors (Lipinski definition) is 4. The molecule has 2 fully saturated rings. The first-order chi connectivity index (χ1) is 16.5. The van der Waals surface area contributed by atoms with Gasteiger partial charge in [-0.3, -0.25) is 14.6 Å². The van der Waals surface area contributed by atoms with Gasteiger partial charge in [-0.15, -0.1) is 0 Å². The quantitative estimate of drug-likeness (QED) is 0.549. The maximum Gasteiger partial charge on any atom is 0.326 e. The second-order valence-electron chi connectivity index (χ2n) is 9.65. The van der Waals surface area contributed by atoms with Gasteiger partial charge in [0, 0.05) is 32.7 Å². The number of nitrogens with zero attached hydrogens (tertiary/aromatic N) is 3. The standard InChI is InChI=1S/C28H32N4O2/c1-28(15-14-22-8-3-2-4-9-22)26(33)32(27(34)29-28)21-31-18-16-30(17-19-31)20-24-12-7-11-23-10-5-6-13-25(23)24/h2-13H,14-21H2,1H3,(H,29,34)/t28-/m0/s1. The third-order valence-electron chi connectivity index (χ3n) is 7.18. The van der Waals surface area contributed by atoms with Crippen LogP contribution in [0, 0.1) is 0 Å². The van der Waals surface area contributed by atoms with Crippen molar-refractivity contribution in [3.8, 4) is 0 Å². The SMILES string of the molecule is C[C@@]1(CCc2ccccc2)NC(=O)N(CN2CCN(Cc3cccc4ccccc34)CC2)C1=O. The first-order valence-corrected chi connectivity index (χ1v) is 12.1. The van der Waals surface area contributed by atoms with Crippen molar-refractivity contribution in [3.05, 3.63) is 83.9 Å². The minimum Gasteiger partial charge on any atom is -0.323 e. The van der Waals surface area contributed by atoms with Gasteiger partial charge in [-0.2, -0.15) is 0 Å². The van der Waals surface area contributed by atoms with Crippen LogP contribution in [-0.4, -0.2) is 65.0 Å². The van der Waals surface area contributed by atoms with Crippen LogP contribution in [0.2, 0.25) is 0 Å². The van der Waals surface area contributed by atoms with Crippen molar-refractivity contribution in [1.29, 1.82) is 0 Å². The molecule has 0 unspecified atom stereocenters. The molecule has 0 spiro atoms. The molecule has 34 heavy (non-hydrogen) atoms. The number of carbonyl (C=O) groups excluding carboxylic acids is 2. The summed E-state index contributed by atoms with van der Waals surface area (Å²) >= 11 is 0. The number of carbonyl (C=O) groups is 2. The molecule has 0 aliphatic carbocycles. The van der Waals surface area contributed by atoms with Crippen LogP contribution in [0.25, 0.3) is 10.8 Å². The second-order valence-corrected chi connectivity index (χ2v) is 9.65. The van der Waals surface area contributed by atoms with E-state index in [9.17, 15) is 9.59 Å². The van der Waals surface area contributed by atoms with E-state index < -0.39 is 5.54 Å². The highest BCUT2D eigenvalue weighted by Crippen LogP contribution is 2.24. The van der Waals surface area contributed by atoms with Crippen LogP contribution >= 0.6 is 0 Å². The van der Waals surface area contributed by atoms with Gasteiger partial charge in [0.05, 0.1) is 6.67 Å². The highest BCUT2D eigenvalue weighted by Gasteiger charge is 2.47. The zero-order valence-corrected chi connectivity index (χ0v) is 19.7. The van der Waals surface area contributed by atoms with Crippen LogP contribution in [0.4, 0.5) is 4.79 Å². The summed E-state index contributed by atoms with van der Waals surface area (Å²) in [6, 6.07) is 24.8. The Morgan fingerprint density at radius 3 is 2.29 bits per heavy atom. The Hall–Kier alpha value is -3.22. The van der Waals surface area contributed by atoms with Gasteiger partial charge in [0.1, 0.15) is 5.54 Å². The lowest BCUT2D eigenvalue weighted by Gasteiger charge is -2.36. The number of rotatable bonds is 7. The van der Waals surface area contributed by atoms with Gasteiger partial charge in [0.15, 0.2) is 0 Å². The van der Waals surface area contributed by atoms with E-state index in [-0.39, 0.29) is 11.9 Å². The molecule has 0 radical (unpaired) electrons. The average molecular weight is 457 g/mol. The number of piperazine rings is 1. The summed E-state index contributed by atoms with van der Waals surface area (Å²) in [5.74, 6) is -0.119. The third-order valence-corrected chi connectivity index (χ3v) is 7.18. The van der Waals surface area contributed by atoms with Gasteiger partial charge in [-0.05, 0) is 41.7 Å². The van der Waals surface area contributed by atoms with Crippen molar-refractivity contribution in [1.82, 2.24) is 20.0 Å². The van der Waals surface area contributed by atoms with E-state index in [2.05, 4.69) is 69.7 Å². The van der Waals surface area contributed by atoms with E-state index in [0.29, 0.717) is 13.1 Å². The summed E-state index contributed by atoms with van der Waals surface area (Å²) in [5.41, 5.74) is 1.67. The van der Waals surface area contributed by atoms with Crippen LogP contribution in [0.3, 0.4) is 0 Å². The highest BCUT2D eigenvalue weighted by molar-refractivity contribution is 6.06. The number of benzene rings is 3. The number of aryl methyl sites for hydroxylation is 1. The van der Waals surface area contributed by atoms with Crippen LogP contribution in [0.15, 0.2) is 72.8 Å². The molecule has 2 aliphatic rings. The number of imide groups is 1. The van der Waals surface area contributed by atoms with Gasteiger partial charge in [-0.1, -0.05) is 72.8 Å². The van der Waals surface area contributed by atoms with E-state index in [1.165, 1.54) is 26.8 Å². The van der Waals surface area contributed by atoms with Gasteiger partial charge in [-0.25, -0.2) is 9.69 Å². The molecule has 3 aromatic carbocycles. The monoisotopic (exact) mass is 456 g/mol. The first kappa shape index (κ1) is 22.6. The number of amides is 3.